The van der Waals surface area contributed by atoms with E-state index < -0.39 is 6.04 Å². The standard InChI is InChI=1S/C10H15BrN2OS/c1-6(2)9(12)10(14)13-4-7-3-8(11)15-5-7/h3,5-6,9H,4,12H2,1-2H3,(H,13,14)/t9-/m1/s1. The molecular weight excluding hydrogens is 276 g/mol. The van der Waals surface area contributed by atoms with Crippen molar-refractivity contribution in [2.24, 2.45) is 11.7 Å². The Labute approximate surface area is 102 Å². The number of halogens is 1. The normalized spacial score (nSPS) is 12.9. The Bertz CT molecular complexity index is 338. The van der Waals surface area contributed by atoms with Crippen LogP contribution in [0.1, 0.15) is 19.4 Å². The number of thiophene rings is 1. The summed E-state index contributed by atoms with van der Waals surface area (Å²) in [7, 11) is 0. The van der Waals surface area contributed by atoms with Crippen LogP contribution in [0.15, 0.2) is 15.2 Å². The maximum Gasteiger partial charge on any atom is 0.237 e. The van der Waals surface area contributed by atoms with Crippen LogP contribution in [0.5, 0.6) is 0 Å². The summed E-state index contributed by atoms with van der Waals surface area (Å²) in [5.41, 5.74) is 6.80. The summed E-state index contributed by atoms with van der Waals surface area (Å²) < 4.78 is 1.07. The molecule has 0 unspecified atom stereocenters. The monoisotopic (exact) mass is 290 g/mol. The van der Waals surface area contributed by atoms with E-state index in [2.05, 4.69) is 21.2 Å². The second-order valence-corrected chi connectivity index (χ2v) is 6.04. The zero-order chi connectivity index (χ0) is 11.4. The van der Waals surface area contributed by atoms with Crippen LogP contribution in [-0.4, -0.2) is 11.9 Å². The maximum absolute atomic E-state index is 11.5. The zero-order valence-corrected chi connectivity index (χ0v) is 11.2. The molecule has 1 aromatic heterocycles. The molecule has 0 saturated heterocycles. The largest absolute Gasteiger partial charge is 0.351 e. The Balaban J connectivity index is 2.40. The molecule has 3 N–H and O–H groups in total. The first-order valence-electron chi connectivity index (χ1n) is 4.77. The highest BCUT2D eigenvalue weighted by Crippen LogP contribution is 2.20. The molecule has 3 nitrogen and oxygen atoms in total. The van der Waals surface area contributed by atoms with Crippen molar-refractivity contribution in [3.8, 4) is 0 Å². The molecule has 0 bridgehead atoms. The van der Waals surface area contributed by atoms with Crippen LogP contribution in [-0.2, 0) is 11.3 Å². The van der Waals surface area contributed by atoms with Crippen LogP contribution in [0.3, 0.4) is 0 Å². The summed E-state index contributed by atoms with van der Waals surface area (Å²) >= 11 is 4.98. The average Bonchev–Trinajstić information content (AvgIpc) is 2.59. The number of carbonyl (C=O) groups is 1. The van der Waals surface area contributed by atoms with E-state index in [9.17, 15) is 4.79 Å². The predicted octanol–water partition coefficient (Wildman–Crippen LogP) is 2.11. The summed E-state index contributed by atoms with van der Waals surface area (Å²) in [6.07, 6.45) is 0. The summed E-state index contributed by atoms with van der Waals surface area (Å²) in [5, 5.41) is 4.82. The highest BCUT2D eigenvalue weighted by atomic mass is 79.9. The van der Waals surface area contributed by atoms with Gasteiger partial charge in [0.1, 0.15) is 0 Å². The van der Waals surface area contributed by atoms with Crippen LogP contribution in [0.2, 0.25) is 0 Å². The van der Waals surface area contributed by atoms with Gasteiger partial charge in [0.05, 0.1) is 9.83 Å². The topological polar surface area (TPSA) is 55.1 Å². The van der Waals surface area contributed by atoms with E-state index in [1.165, 1.54) is 0 Å². The van der Waals surface area contributed by atoms with E-state index in [0.29, 0.717) is 6.54 Å². The molecule has 0 fully saturated rings. The van der Waals surface area contributed by atoms with Crippen molar-refractivity contribution >= 4 is 33.2 Å². The van der Waals surface area contributed by atoms with Gasteiger partial charge < -0.3 is 11.1 Å². The first kappa shape index (κ1) is 12.7. The molecule has 84 valence electrons. The number of nitrogens with two attached hydrogens (primary N) is 1. The minimum atomic E-state index is -0.424. The number of carbonyl (C=O) groups excluding carboxylic acids is 1. The van der Waals surface area contributed by atoms with Crippen LogP contribution < -0.4 is 11.1 Å². The predicted molar refractivity (Wildman–Crippen MR) is 66.7 cm³/mol. The lowest BCUT2D eigenvalue weighted by Crippen LogP contribution is -2.43. The maximum atomic E-state index is 11.5. The summed E-state index contributed by atoms with van der Waals surface area (Å²) in [6.45, 7) is 4.41. The highest BCUT2D eigenvalue weighted by Gasteiger charge is 2.16. The van der Waals surface area contributed by atoms with Crippen molar-refractivity contribution in [3.05, 3.63) is 20.8 Å². The number of rotatable bonds is 4. The average molecular weight is 291 g/mol. The van der Waals surface area contributed by atoms with Gasteiger partial charge in [0.2, 0.25) is 5.91 Å². The van der Waals surface area contributed by atoms with Gasteiger partial charge in [-0.1, -0.05) is 13.8 Å². The van der Waals surface area contributed by atoms with Gasteiger partial charge in [0.15, 0.2) is 0 Å². The quantitative estimate of drug-likeness (QED) is 0.892. The van der Waals surface area contributed by atoms with Gasteiger partial charge >= 0.3 is 0 Å². The molecule has 1 atom stereocenters. The van der Waals surface area contributed by atoms with E-state index in [1.807, 2.05) is 25.3 Å². The van der Waals surface area contributed by atoms with E-state index >= 15 is 0 Å². The lowest BCUT2D eigenvalue weighted by atomic mass is 10.1. The third-order valence-corrected chi connectivity index (χ3v) is 3.66. The summed E-state index contributed by atoms with van der Waals surface area (Å²) in [4.78, 5) is 11.5. The molecule has 0 aliphatic rings. The first-order valence-corrected chi connectivity index (χ1v) is 6.44. The fraction of sp³-hybridized carbons (Fsp3) is 0.500. The minimum Gasteiger partial charge on any atom is -0.351 e. The molecule has 15 heavy (non-hydrogen) atoms. The Morgan fingerprint density at radius 3 is 2.80 bits per heavy atom. The van der Waals surface area contributed by atoms with Gasteiger partial charge in [-0.25, -0.2) is 0 Å². The molecule has 0 aliphatic heterocycles. The van der Waals surface area contributed by atoms with Crippen molar-refractivity contribution < 1.29 is 4.79 Å². The molecule has 0 aromatic carbocycles. The summed E-state index contributed by atoms with van der Waals surface area (Å²) in [5.74, 6) is 0.0755. The van der Waals surface area contributed by atoms with E-state index in [0.717, 1.165) is 9.35 Å². The number of hydrogen-bond acceptors (Lipinski definition) is 3. The minimum absolute atomic E-state index is 0.0904. The lowest BCUT2D eigenvalue weighted by molar-refractivity contribution is -0.123. The molecule has 1 amide bonds. The molecule has 1 rings (SSSR count). The van der Waals surface area contributed by atoms with Crippen molar-refractivity contribution in [1.82, 2.24) is 5.32 Å². The fourth-order valence-corrected chi connectivity index (χ4v) is 2.26. The molecule has 0 aliphatic carbocycles. The van der Waals surface area contributed by atoms with Gasteiger partial charge in [-0.05, 0) is 38.9 Å². The molecule has 0 radical (unpaired) electrons. The Hall–Kier alpha value is -0.390. The SMILES string of the molecule is CC(C)[C@@H](N)C(=O)NCc1csc(Br)c1. The molecular formula is C10H15BrN2OS. The Morgan fingerprint density at radius 1 is 1.67 bits per heavy atom. The second kappa shape index (κ2) is 5.63. The van der Waals surface area contributed by atoms with E-state index in [4.69, 9.17) is 5.73 Å². The second-order valence-electron chi connectivity index (χ2n) is 3.75. The third kappa shape index (κ3) is 3.93. The number of amides is 1. The lowest BCUT2D eigenvalue weighted by Gasteiger charge is -2.14. The molecule has 0 spiro atoms. The van der Waals surface area contributed by atoms with Crippen LogP contribution in [0.25, 0.3) is 0 Å². The smallest absolute Gasteiger partial charge is 0.237 e. The van der Waals surface area contributed by atoms with Crippen molar-refractivity contribution in [2.45, 2.75) is 26.4 Å². The summed E-state index contributed by atoms with van der Waals surface area (Å²) in [6, 6.07) is 1.57. The van der Waals surface area contributed by atoms with Crippen molar-refractivity contribution in [2.75, 3.05) is 0 Å². The van der Waals surface area contributed by atoms with Crippen LogP contribution >= 0.6 is 27.3 Å². The van der Waals surface area contributed by atoms with Crippen molar-refractivity contribution in [3.63, 3.8) is 0 Å². The number of hydrogen-bond donors (Lipinski definition) is 2. The Kier molecular flexibility index (Phi) is 4.76. The van der Waals surface area contributed by atoms with E-state index in [-0.39, 0.29) is 11.8 Å². The highest BCUT2D eigenvalue weighted by molar-refractivity contribution is 9.11. The molecule has 1 aromatic rings. The molecule has 5 heteroatoms. The first-order chi connectivity index (χ1) is 7.00. The fourth-order valence-electron chi connectivity index (χ4n) is 1.05. The molecule has 1 heterocycles. The van der Waals surface area contributed by atoms with Gasteiger partial charge in [-0.3, -0.25) is 4.79 Å². The Morgan fingerprint density at radius 2 is 2.33 bits per heavy atom. The van der Waals surface area contributed by atoms with Gasteiger partial charge in [-0.2, -0.15) is 0 Å². The number of nitrogens with one attached hydrogen (secondary N) is 1. The zero-order valence-electron chi connectivity index (χ0n) is 8.79. The van der Waals surface area contributed by atoms with Crippen LogP contribution in [0, 0.1) is 5.92 Å². The van der Waals surface area contributed by atoms with Gasteiger partial charge in [-0.15, -0.1) is 11.3 Å². The molecule has 0 saturated carbocycles. The van der Waals surface area contributed by atoms with Gasteiger partial charge in [0.25, 0.3) is 0 Å². The van der Waals surface area contributed by atoms with Crippen molar-refractivity contribution in [1.29, 1.82) is 0 Å². The van der Waals surface area contributed by atoms with Gasteiger partial charge in [0, 0.05) is 6.54 Å². The van der Waals surface area contributed by atoms with E-state index in [1.54, 1.807) is 11.3 Å². The van der Waals surface area contributed by atoms with Crippen LogP contribution in [0.4, 0.5) is 0 Å². The third-order valence-electron chi connectivity index (χ3n) is 2.11.